The first-order valence-corrected chi connectivity index (χ1v) is 9.80. The lowest BCUT2D eigenvalue weighted by molar-refractivity contribution is 0.0677. The molecule has 0 aliphatic rings. The number of hydrogen-bond donors (Lipinski definition) is 2. The molecule has 8 nitrogen and oxygen atoms in total. The Bertz CT molecular complexity index is 982. The van der Waals surface area contributed by atoms with Gasteiger partial charge in [-0.15, -0.1) is 26.9 Å². The molecule has 1 unspecified atom stereocenters. The molecule has 2 N–H and O–H groups in total. The van der Waals surface area contributed by atoms with Crippen molar-refractivity contribution in [1.29, 1.82) is 0 Å². The number of alkyl halides is 1. The number of halogens is 1. The lowest BCUT2D eigenvalue weighted by atomic mass is 9.77. The van der Waals surface area contributed by atoms with Crippen molar-refractivity contribution in [1.82, 2.24) is 35.6 Å². The number of benzene rings is 2. The van der Waals surface area contributed by atoms with E-state index in [2.05, 4.69) is 30.9 Å². The van der Waals surface area contributed by atoms with Crippen molar-refractivity contribution in [3.8, 4) is 0 Å². The van der Waals surface area contributed by atoms with Gasteiger partial charge in [0, 0.05) is 5.88 Å². The second-order valence-electron chi connectivity index (χ2n) is 6.62. The predicted molar refractivity (Wildman–Crippen MR) is 107 cm³/mol. The third-order valence-corrected chi connectivity index (χ3v) is 5.17. The fraction of sp³-hybridized carbons (Fsp3) is 0.250. The van der Waals surface area contributed by atoms with E-state index in [-0.39, 0.29) is 5.82 Å². The van der Waals surface area contributed by atoms with Crippen LogP contribution in [0, 0.1) is 0 Å². The number of H-pyrrole nitrogens is 1. The van der Waals surface area contributed by atoms with Gasteiger partial charge in [0.25, 0.3) is 0 Å². The molecule has 1 atom stereocenters. The summed E-state index contributed by atoms with van der Waals surface area (Å²) in [6, 6.07) is 19.3. The van der Waals surface area contributed by atoms with Crippen molar-refractivity contribution in [3.05, 3.63) is 89.5 Å². The van der Waals surface area contributed by atoms with Crippen LogP contribution in [0.25, 0.3) is 0 Å². The number of hydrogen-bond acceptors (Lipinski definition) is 6. The van der Waals surface area contributed by atoms with E-state index in [1.807, 2.05) is 66.9 Å². The van der Waals surface area contributed by atoms with Gasteiger partial charge >= 0.3 is 0 Å². The molecule has 2 aromatic heterocycles. The zero-order valence-electron chi connectivity index (χ0n) is 15.6. The molecule has 0 fully saturated rings. The Labute approximate surface area is 172 Å². The number of aliphatic hydroxyl groups excluding tert-OH is 1. The van der Waals surface area contributed by atoms with Gasteiger partial charge in [-0.25, -0.2) is 4.68 Å². The lowest BCUT2D eigenvalue weighted by Gasteiger charge is -2.37. The van der Waals surface area contributed by atoms with Crippen molar-refractivity contribution < 1.29 is 5.11 Å². The summed E-state index contributed by atoms with van der Waals surface area (Å²) in [5, 5.41) is 34.4. The summed E-state index contributed by atoms with van der Waals surface area (Å²) in [7, 11) is 0. The van der Waals surface area contributed by atoms with Crippen molar-refractivity contribution in [2.75, 3.05) is 5.88 Å². The number of aromatic nitrogens is 7. The Balaban J connectivity index is 1.97. The normalized spacial score (nSPS) is 12.8. The first kappa shape index (κ1) is 19.2. The second-order valence-corrected chi connectivity index (χ2v) is 7.00. The van der Waals surface area contributed by atoms with Gasteiger partial charge in [0.05, 0.1) is 11.9 Å². The summed E-state index contributed by atoms with van der Waals surface area (Å²) >= 11 is 5.84. The highest BCUT2D eigenvalue weighted by molar-refractivity contribution is 6.17. The maximum absolute atomic E-state index is 11.6. The third-order valence-electron chi connectivity index (χ3n) is 4.90. The summed E-state index contributed by atoms with van der Waals surface area (Å²) < 4.78 is 1.68. The number of nitrogens with one attached hydrogen (secondary N) is 1. The second kappa shape index (κ2) is 8.50. The molecule has 2 aromatic carbocycles. The molecule has 2 heterocycles. The van der Waals surface area contributed by atoms with Gasteiger partial charge in [0.2, 0.25) is 5.82 Å². The van der Waals surface area contributed by atoms with E-state index in [1.165, 1.54) is 0 Å². The first-order valence-electron chi connectivity index (χ1n) is 9.27. The van der Waals surface area contributed by atoms with Gasteiger partial charge in [-0.2, -0.15) is 5.21 Å². The molecular formula is C20H20ClN7O. The Hall–Kier alpha value is -3.10. The number of aromatic amines is 1. The quantitative estimate of drug-likeness (QED) is 0.433. The maximum atomic E-state index is 11.6. The maximum Gasteiger partial charge on any atom is 0.206 e. The van der Waals surface area contributed by atoms with E-state index in [9.17, 15) is 5.11 Å². The van der Waals surface area contributed by atoms with E-state index < -0.39 is 11.6 Å². The highest BCUT2D eigenvalue weighted by Crippen LogP contribution is 2.43. The molecule has 0 saturated carbocycles. The van der Waals surface area contributed by atoms with Gasteiger partial charge in [0.15, 0.2) is 6.10 Å². The molecule has 4 aromatic rings. The molecule has 0 bridgehead atoms. The monoisotopic (exact) mass is 409 g/mol. The smallest absolute Gasteiger partial charge is 0.206 e. The fourth-order valence-corrected chi connectivity index (χ4v) is 3.70. The minimum Gasteiger partial charge on any atom is -0.382 e. The van der Waals surface area contributed by atoms with Crippen LogP contribution in [-0.2, 0) is 12.0 Å². The van der Waals surface area contributed by atoms with Gasteiger partial charge in [-0.05, 0) is 24.0 Å². The molecule has 0 aliphatic carbocycles. The topological polar surface area (TPSA) is 105 Å². The predicted octanol–water partition coefficient (Wildman–Crippen LogP) is 2.49. The van der Waals surface area contributed by atoms with Crippen LogP contribution in [0.1, 0.15) is 35.2 Å². The zero-order chi connectivity index (χ0) is 20.1. The minimum atomic E-state index is -1.17. The van der Waals surface area contributed by atoms with Gasteiger partial charge in [-0.3, -0.25) is 0 Å². The summed E-state index contributed by atoms with van der Waals surface area (Å²) in [5.41, 5.74) is 1.29. The lowest BCUT2D eigenvalue weighted by Crippen LogP contribution is -2.43. The van der Waals surface area contributed by atoms with Crippen molar-refractivity contribution >= 4 is 11.6 Å². The third kappa shape index (κ3) is 3.52. The van der Waals surface area contributed by atoms with Crippen LogP contribution in [0.15, 0.2) is 66.9 Å². The van der Waals surface area contributed by atoms with Crippen LogP contribution >= 0.6 is 11.6 Å². The molecule has 29 heavy (non-hydrogen) atoms. The number of nitrogens with zero attached hydrogens (tertiary/aromatic N) is 6. The molecule has 0 radical (unpaired) electrons. The van der Waals surface area contributed by atoms with Crippen molar-refractivity contribution in [2.24, 2.45) is 0 Å². The number of aryl methyl sites for hydroxylation is 1. The summed E-state index contributed by atoms with van der Waals surface area (Å²) in [5.74, 6) is 0.705. The number of tetrazole rings is 1. The molecule has 4 rings (SSSR count). The van der Waals surface area contributed by atoms with E-state index >= 15 is 0 Å². The first-order chi connectivity index (χ1) is 14.3. The Morgan fingerprint density at radius 2 is 1.66 bits per heavy atom. The van der Waals surface area contributed by atoms with Gasteiger partial charge < -0.3 is 5.11 Å². The van der Waals surface area contributed by atoms with Crippen LogP contribution in [0.5, 0.6) is 0 Å². The van der Waals surface area contributed by atoms with E-state index in [1.54, 1.807) is 4.68 Å². The average Bonchev–Trinajstić information content (AvgIpc) is 3.47. The fourth-order valence-electron chi connectivity index (χ4n) is 3.56. The Morgan fingerprint density at radius 1 is 1.00 bits per heavy atom. The van der Waals surface area contributed by atoms with Crippen LogP contribution < -0.4 is 0 Å². The largest absolute Gasteiger partial charge is 0.382 e. The molecule has 0 amide bonds. The summed E-state index contributed by atoms with van der Waals surface area (Å²) in [4.78, 5) is 0. The molecular weight excluding hydrogens is 390 g/mol. The van der Waals surface area contributed by atoms with Crippen LogP contribution in [-0.4, -0.2) is 46.6 Å². The molecule has 0 aliphatic heterocycles. The highest BCUT2D eigenvalue weighted by Gasteiger charge is 2.47. The molecule has 9 heteroatoms. The zero-order valence-corrected chi connectivity index (χ0v) is 16.3. The van der Waals surface area contributed by atoms with Crippen molar-refractivity contribution in [3.63, 3.8) is 0 Å². The van der Waals surface area contributed by atoms with Crippen LogP contribution in [0.2, 0.25) is 0 Å². The number of rotatable bonds is 8. The Kier molecular flexibility index (Phi) is 5.64. The van der Waals surface area contributed by atoms with E-state index in [4.69, 9.17) is 11.6 Å². The summed E-state index contributed by atoms with van der Waals surface area (Å²) in [6.45, 7) is 0. The van der Waals surface area contributed by atoms with Crippen molar-refractivity contribution in [2.45, 2.75) is 24.5 Å². The van der Waals surface area contributed by atoms with Gasteiger partial charge in [0.1, 0.15) is 5.54 Å². The highest BCUT2D eigenvalue weighted by atomic mass is 35.5. The Morgan fingerprint density at radius 3 is 2.21 bits per heavy atom. The van der Waals surface area contributed by atoms with Gasteiger partial charge in [-0.1, -0.05) is 71.1 Å². The molecule has 0 spiro atoms. The van der Waals surface area contributed by atoms with E-state index in [0.717, 1.165) is 23.2 Å². The number of aliphatic hydroxyl groups is 1. The van der Waals surface area contributed by atoms with Crippen LogP contribution in [0.4, 0.5) is 0 Å². The minimum absolute atomic E-state index is 0.163. The van der Waals surface area contributed by atoms with Crippen LogP contribution in [0.3, 0.4) is 0 Å². The molecule has 0 saturated heterocycles. The summed E-state index contributed by atoms with van der Waals surface area (Å²) in [6.07, 6.45) is 2.16. The van der Waals surface area contributed by atoms with E-state index in [0.29, 0.717) is 12.3 Å². The average molecular weight is 410 g/mol. The molecule has 148 valence electrons. The standard InChI is InChI=1S/C20H20ClN7O/c21-13-7-12-17-14-28(27-22-17)20(15-8-3-1-4-9-15,16-10-5-2-6-11-16)18(29)19-23-25-26-24-19/h1-6,8-11,14,18,29H,7,12-13H2,(H,23,24,25,26). The SMILES string of the molecule is OC(c1nn[nH]n1)C(c1ccccc1)(c1ccccc1)n1cc(CCCCl)nn1.